The third kappa shape index (κ3) is 2.63. The molecule has 96 valence electrons. The lowest BCUT2D eigenvalue weighted by atomic mass is 10.2. The van der Waals surface area contributed by atoms with Crippen molar-refractivity contribution in [2.45, 2.75) is 6.42 Å². The average molecular weight is 269 g/mol. The Hall–Kier alpha value is -1.59. The van der Waals surface area contributed by atoms with E-state index in [0.717, 1.165) is 5.56 Å². The molecule has 0 unspecified atom stereocenters. The molecule has 0 aliphatic carbocycles. The monoisotopic (exact) mass is 268 g/mol. The summed E-state index contributed by atoms with van der Waals surface area (Å²) in [7, 11) is 0. The molecule has 1 aliphatic heterocycles. The second-order valence-corrected chi connectivity index (χ2v) is 4.44. The molecule has 0 atom stereocenters. The summed E-state index contributed by atoms with van der Waals surface area (Å²) in [6, 6.07) is 5.20. The molecule has 1 aliphatic rings. The second kappa shape index (κ2) is 5.37. The molecule has 1 aromatic carbocycles. The summed E-state index contributed by atoms with van der Waals surface area (Å²) in [5.74, 6) is -0.420. The number of fused-ring (bicyclic) bond motifs is 1. The van der Waals surface area contributed by atoms with E-state index in [9.17, 15) is 9.59 Å². The number of hydrogen-bond donors (Lipinski definition) is 2. The number of carbonyl (C=O) groups excluding carboxylic acids is 2. The van der Waals surface area contributed by atoms with Gasteiger partial charge in [0.25, 0.3) is 0 Å². The van der Waals surface area contributed by atoms with Crippen LogP contribution in [0.5, 0.6) is 0 Å². The quantitative estimate of drug-likeness (QED) is 0.827. The first-order chi connectivity index (χ1) is 8.61. The van der Waals surface area contributed by atoms with Gasteiger partial charge in [-0.2, -0.15) is 0 Å². The van der Waals surface area contributed by atoms with Crippen LogP contribution in [-0.4, -0.2) is 36.6 Å². The Morgan fingerprint density at radius 1 is 1.50 bits per heavy atom. The summed E-state index contributed by atoms with van der Waals surface area (Å²) in [5, 5.41) is 11.7. The van der Waals surface area contributed by atoms with E-state index in [-0.39, 0.29) is 31.5 Å². The van der Waals surface area contributed by atoms with Gasteiger partial charge in [-0.15, -0.1) is 0 Å². The Labute approximate surface area is 109 Å². The molecule has 1 heterocycles. The number of halogens is 1. The van der Waals surface area contributed by atoms with Crippen molar-refractivity contribution in [1.29, 1.82) is 0 Å². The lowest BCUT2D eigenvalue weighted by Gasteiger charge is -2.17. The molecule has 2 rings (SSSR count). The first-order valence-electron chi connectivity index (χ1n) is 5.58. The predicted molar refractivity (Wildman–Crippen MR) is 67.6 cm³/mol. The van der Waals surface area contributed by atoms with Crippen LogP contribution in [0.4, 0.5) is 5.69 Å². The summed E-state index contributed by atoms with van der Waals surface area (Å²) in [6.07, 6.45) is 0.291. The van der Waals surface area contributed by atoms with Crippen molar-refractivity contribution in [3.63, 3.8) is 0 Å². The molecular weight excluding hydrogens is 256 g/mol. The van der Waals surface area contributed by atoms with Gasteiger partial charge in [0.1, 0.15) is 6.54 Å². The Balaban J connectivity index is 2.12. The molecule has 0 fully saturated rings. The molecule has 0 spiro atoms. The van der Waals surface area contributed by atoms with E-state index in [0.29, 0.717) is 17.1 Å². The first kappa shape index (κ1) is 12.9. The maximum atomic E-state index is 11.8. The number of amides is 2. The van der Waals surface area contributed by atoms with Gasteiger partial charge in [-0.05, 0) is 17.7 Å². The van der Waals surface area contributed by atoms with E-state index in [1.54, 1.807) is 18.2 Å². The lowest BCUT2D eigenvalue weighted by molar-refractivity contribution is -0.123. The van der Waals surface area contributed by atoms with E-state index in [1.165, 1.54) is 4.90 Å². The van der Waals surface area contributed by atoms with Crippen LogP contribution in [0.3, 0.4) is 0 Å². The molecule has 0 saturated heterocycles. The fourth-order valence-electron chi connectivity index (χ4n) is 1.90. The van der Waals surface area contributed by atoms with Crippen LogP contribution in [0.2, 0.25) is 5.02 Å². The average Bonchev–Trinajstić information content (AvgIpc) is 2.63. The molecule has 2 amide bonds. The minimum absolute atomic E-state index is 0.0494. The van der Waals surface area contributed by atoms with Gasteiger partial charge in [0.15, 0.2) is 0 Å². The zero-order valence-corrected chi connectivity index (χ0v) is 10.4. The van der Waals surface area contributed by atoms with E-state index in [2.05, 4.69) is 5.32 Å². The van der Waals surface area contributed by atoms with Gasteiger partial charge >= 0.3 is 0 Å². The topological polar surface area (TPSA) is 69.6 Å². The molecule has 0 aromatic heterocycles. The summed E-state index contributed by atoms with van der Waals surface area (Å²) in [6.45, 7) is 0.0115. The molecule has 0 bridgehead atoms. The Morgan fingerprint density at radius 3 is 3.00 bits per heavy atom. The smallest absolute Gasteiger partial charge is 0.240 e. The van der Waals surface area contributed by atoms with Crippen molar-refractivity contribution in [2.24, 2.45) is 0 Å². The van der Waals surface area contributed by atoms with Crippen LogP contribution < -0.4 is 10.2 Å². The highest BCUT2D eigenvalue weighted by molar-refractivity contribution is 6.31. The van der Waals surface area contributed by atoms with Crippen molar-refractivity contribution in [2.75, 3.05) is 24.6 Å². The predicted octanol–water partition coefficient (Wildman–Crippen LogP) is 0.338. The summed E-state index contributed by atoms with van der Waals surface area (Å²) in [4.78, 5) is 24.8. The molecule has 0 saturated carbocycles. The fourth-order valence-corrected chi connectivity index (χ4v) is 2.06. The minimum Gasteiger partial charge on any atom is -0.395 e. The van der Waals surface area contributed by atoms with Crippen LogP contribution in [0.25, 0.3) is 0 Å². The van der Waals surface area contributed by atoms with Gasteiger partial charge in [-0.1, -0.05) is 17.7 Å². The number of nitrogens with zero attached hydrogens (tertiary/aromatic N) is 1. The fraction of sp³-hybridized carbons (Fsp3) is 0.333. The van der Waals surface area contributed by atoms with E-state index in [1.807, 2.05) is 0 Å². The van der Waals surface area contributed by atoms with Gasteiger partial charge < -0.3 is 15.3 Å². The molecular formula is C12H13ClN2O3. The zero-order chi connectivity index (χ0) is 13.1. The van der Waals surface area contributed by atoms with E-state index >= 15 is 0 Å². The molecule has 18 heavy (non-hydrogen) atoms. The number of hydrogen-bond acceptors (Lipinski definition) is 3. The lowest BCUT2D eigenvalue weighted by Crippen LogP contribution is -2.39. The van der Waals surface area contributed by atoms with Gasteiger partial charge in [-0.25, -0.2) is 0 Å². The number of aliphatic hydroxyl groups excluding tert-OH is 1. The van der Waals surface area contributed by atoms with Crippen molar-refractivity contribution in [3.05, 3.63) is 28.8 Å². The Morgan fingerprint density at radius 2 is 2.28 bits per heavy atom. The Bertz CT molecular complexity index is 490. The number of anilines is 1. The molecule has 1 aromatic rings. The highest BCUT2D eigenvalue weighted by Crippen LogP contribution is 2.31. The number of carbonyl (C=O) groups is 2. The second-order valence-electron chi connectivity index (χ2n) is 4.00. The van der Waals surface area contributed by atoms with Crippen LogP contribution in [0.1, 0.15) is 5.56 Å². The molecule has 6 heteroatoms. The minimum atomic E-state index is -0.301. The maximum Gasteiger partial charge on any atom is 0.240 e. The number of aliphatic hydroxyl groups is 1. The van der Waals surface area contributed by atoms with Crippen molar-refractivity contribution < 1.29 is 14.7 Å². The first-order valence-corrected chi connectivity index (χ1v) is 5.96. The van der Waals surface area contributed by atoms with E-state index in [4.69, 9.17) is 16.7 Å². The number of nitrogens with one attached hydrogen (secondary N) is 1. The summed E-state index contributed by atoms with van der Waals surface area (Å²) in [5.41, 5.74) is 1.56. The summed E-state index contributed by atoms with van der Waals surface area (Å²) >= 11 is 5.88. The zero-order valence-electron chi connectivity index (χ0n) is 9.65. The van der Waals surface area contributed by atoms with Crippen molar-refractivity contribution in [3.8, 4) is 0 Å². The molecule has 0 radical (unpaired) electrons. The normalized spacial score (nSPS) is 13.7. The van der Waals surface area contributed by atoms with Gasteiger partial charge in [0.05, 0.1) is 13.0 Å². The van der Waals surface area contributed by atoms with Gasteiger partial charge in [-0.3, -0.25) is 9.59 Å². The maximum absolute atomic E-state index is 11.8. The molecule has 2 N–H and O–H groups in total. The largest absolute Gasteiger partial charge is 0.395 e. The SMILES string of the molecule is O=C(CN1C(=O)Cc2ccc(Cl)cc21)NCCO. The third-order valence-electron chi connectivity index (χ3n) is 2.72. The van der Waals surface area contributed by atoms with Crippen LogP contribution in [0, 0.1) is 0 Å². The van der Waals surface area contributed by atoms with Crippen molar-refractivity contribution in [1.82, 2.24) is 5.32 Å². The highest BCUT2D eigenvalue weighted by atomic mass is 35.5. The highest BCUT2D eigenvalue weighted by Gasteiger charge is 2.28. The standard InChI is InChI=1S/C12H13ClN2O3/c13-9-2-1-8-5-12(18)15(10(8)6-9)7-11(17)14-3-4-16/h1-2,6,16H,3-5,7H2,(H,14,17). The Kier molecular flexibility index (Phi) is 3.84. The summed E-state index contributed by atoms with van der Waals surface area (Å²) < 4.78 is 0. The van der Waals surface area contributed by atoms with Gasteiger partial charge in [0.2, 0.25) is 11.8 Å². The van der Waals surface area contributed by atoms with Crippen molar-refractivity contribution >= 4 is 29.1 Å². The number of benzene rings is 1. The van der Waals surface area contributed by atoms with Crippen LogP contribution in [0.15, 0.2) is 18.2 Å². The molecule has 5 nitrogen and oxygen atoms in total. The van der Waals surface area contributed by atoms with Gasteiger partial charge in [0, 0.05) is 17.3 Å². The number of rotatable bonds is 4. The van der Waals surface area contributed by atoms with Crippen LogP contribution >= 0.6 is 11.6 Å². The van der Waals surface area contributed by atoms with Crippen LogP contribution in [-0.2, 0) is 16.0 Å². The third-order valence-corrected chi connectivity index (χ3v) is 2.95. The van der Waals surface area contributed by atoms with E-state index < -0.39 is 0 Å².